The van der Waals surface area contributed by atoms with Crippen molar-refractivity contribution in [2.45, 2.75) is 0 Å². The van der Waals surface area contributed by atoms with Crippen LogP contribution in [-0.4, -0.2) is 18.3 Å². The Kier molecular flexibility index (Phi) is 7.07. The fourth-order valence-corrected chi connectivity index (χ4v) is 12.2. The van der Waals surface area contributed by atoms with Crippen LogP contribution in [-0.2, 0) is 0 Å². The van der Waals surface area contributed by atoms with Crippen LogP contribution in [0.15, 0.2) is 218 Å². The first-order valence-electron chi connectivity index (χ1n) is 22.3. The summed E-state index contributed by atoms with van der Waals surface area (Å²) in [5.41, 5.74) is 14.2. The maximum atomic E-state index is 2.49. The second-order valence-electron chi connectivity index (χ2n) is 17.3. The van der Waals surface area contributed by atoms with Crippen molar-refractivity contribution >= 4 is 119 Å². The zero-order valence-electron chi connectivity index (χ0n) is 35.0. The second-order valence-corrected chi connectivity index (χ2v) is 18.4. The summed E-state index contributed by atoms with van der Waals surface area (Å²) in [5.74, 6) is 0. The molecular weight excluding hydrogens is 809 g/mol. The van der Waals surface area contributed by atoms with Crippen molar-refractivity contribution < 1.29 is 0 Å². The van der Waals surface area contributed by atoms with Crippen LogP contribution in [0.3, 0.4) is 0 Å². The van der Waals surface area contributed by atoms with Gasteiger partial charge in [-0.1, -0.05) is 109 Å². The lowest BCUT2D eigenvalue weighted by Crippen LogP contribution is -1.96. The van der Waals surface area contributed by atoms with E-state index in [4.69, 9.17) is 0 Å². The highest BCUT2D eigenvalue weighted by atomic mass is 32.1. The molecule has 0 aliphatic heterocycles. The summed E-state index contributed by atoms with van der Waals surface area (Å²) in [7, 11) is 0. The summed E-state index contributed by atoms with van der Waals surface area (Å²) in [4.78, 5) is 0. The topological polar surface area (TPSA) is 19.7 Å². The molecule has 0 radical (unpaired) electrons. The Hall–Kier alpha value is -8.38. The van der Waals surface area contributed by atoms with Gasteiger partial charge in [-0.25, -0.2) is 0 Å². The van der Waals surface area contributed by atoms with E-state index in [0.717, 1.165) is 17.1 Å². The molecular formula is C60H36N4S. The minimum Gasteiger partial charge on any atom is -0.309 e. The standard InChI is InChI=1S/C60H36N4S/c1-3-15-37(16-4-1)61-51-23-11-8-20-42(51)46-33-57-48(35-55(46)61)49-36-56-47(34-58(49)62(57)38-17-5-2-6-18-38)43-21-9-13-25-53(43)64(56)39-27-29-54-45(31-39)41-19-7-12-24-52(41)63(54)40-28-30-60-50(32-40)44-22-10-14-26-59(44)65-60/h1-36H. The molecule has 0 N–H and O–H groups in total. The fraction of sp³-hybridized carbons (Fsp3) is 0. The summed E-state index contributed by atoms with van der Waals surface area (Å²) in [6, 6.07) is 80.8. The van der Waals surface area contributed by atoms with Crippen molar-refractivity contribution in [3.8, 4) is 22.7 Å². The van der Waals surface area contributed by atoms with Crippen LogP contribution in [0, 0.1) is 0 Å². The van der Waals surface area contributed by atoms with Gasteiger partial charge in [-0.05, 0) is 109 Å². The molecule has 5 aromatic heterocycles. The van der Waals surface area contributed by atoms with Gasteiger partial charge in [0.1, 0.15) is 0 Å². The number of hydrogen-bond donors (Lipinski definition) is 0. The first kappa shape index (κ1) is 35.1. The quantitative estimate of drug-likeness (QED) is 0.168. The predicted molar refractivity (Wildman–Crippen MR) is 277 cm³/mol. The first-order chi connectivity index (χ1) is 32.2. The third-order valence-corrected chi connectivity index (χ3v) is 15.1. The minimum atomic E-state index is 1.14. The smallest absolute Gasteiger partial charge is 0.0548 e. The Balaban J connectivity index is 1.02. The zero-order valence-corrected chi connectivity index (χ0v) is 35.8. The van der Waals surface area contributed by atoms with Gasteiger partial charge in [0.25, 0.3) is 0 Å². The molecule has 0 spiro atoms. The van der Waals surface area contributed by atoms with E-state index in [1.165, 1.54) is 113 Å². The number of fused-ring (bicyclic) bond motifs is 15. The van der Waals surface area contributed by atoms with Gasteiger partial charge in [-0.2, -0.15) is 0 Å². The molecule has 65 heavy (non-hydrogen) atoms. The van der Waals surface area contributed by atoms with E-state index < -0.39 is 0 Å². The third kappa shape index (κ3) is 4.85. The highest BCUT2D eigenvalue weighted by Crippen LogP contribution is 2.44. The summed E-state index contributed by atoms with van der Waals surface area (Å²) < 4.78 is 12.5. The molecule has 5 heterocycles. The van der Waals surface area contributed by atoms with Gasteiger partial charge in [0.05, 0.1) is 44.1 Å². The molecule has 0 fully saturated rings. The highest BCUT2D eigenvalue weighted by molar-refractivity contribution is 7.25. The van der Waals surface area contributed by atoms with Crippen LogP contribution >= 0.6 is 11.3 Å². The normalized spacial score (nSPS) is 12.3. The largest absolute Gasteiger partial charge is 0.309 e. The van der Waals surface area contributed by atoms with Gasteiger partial charge >= 0.3 is 0 Å². The Labute approximate surface area is 376 Å². The fourth-order valence-electron chi connectivity index (χ4n) is 11.2. The molecule has 0 saturated carbocycles. The summed E-state index contributed by atoms with van der Waals surface area (Å²) in [5, 5.41) is 12.5. The molecule has 5 heteroatoms. The van der Waals surface area contributed by atoms with Gasteiger partial charge in [0.2, 0.25) is 0 Å². The molecule has 15 rings (SSSR count). The molecule has 302 valence electrons. The van der Waals surface area contributed by atoms with Crippen LogP contribution in [0.2, 0.25) is 0 Å². The molecule has 0 saturated heterocycles. The average Bonchev–Trinajstić information content (AvgIpc) is 4.15. The minimum absolute atomic E-state index is 1.14. The number of benzene rings is 10. The molecule has 0 bridgehead atoms. The molecule has 15 aromatic rings. The van der Waals surface area contributed by atoms with Gasteiger partial charge < -0.3 is 18.3 Å². The van der Waals surface area contributed by atoms with Gasteiger partial charge in [0.15, 0.2) is 0 Å². The van der Waals surface area contributed by atoms with Gasteiger partial charge in [-0.15, -0.1) is 11.3 Å². The monoisotopic (exact) mass is 844 g/mol. The summed E-state index contributed by atoms with van der Waals surface area (Å²) in [6.45, 7) is 0. The molecule has 0 aliphatic carbocycles. The van der Waals surface area contributed by atoms with Crippen LogP contribution in [0.5, 0.6) is 0 Å². The predicted octanol–water partition coefficient (Wildman–Crippen LogP) is 16.4. The molecule has 4 nitrogen and oxygen atoms in total. The van der Waals surface area contributed by atoms with E-state index in [1.54, 1.807) is 0 Å². The highest BCUT2D eigenvalue weighted by Gasteiger charge is 2.22. The van der Waals surface area contributed by atoms with Crippen molar-refractivity contribution in [2.24, 2.45) is 0 Å². The molecule has 0 unspecified atom stereocenters. The lowest BCUT2D eigenvalue weighted by molar-refractivity contribution is 1.17. The molecule has 0 atom stereocenters. The molecule has 0 aliphatic rings. The Morgan fingerprint density at radius 2 is 0.538 bits per heavy atom. The Morgan fingerprint density at radius 1 is 0.200 bits per heavy atom. The van der Waals surface area contributed by atoms with E-state index in [2.05, 4.69) is 237 Å². The van der Waals surface area contributed by atoms with Crippen molar-refractivity contribution in [1.29, 1.82) is 0 Å². The van der Waals surface area contributed by atoms with Crippen molar-refractivity contribution in [3.63, 3.8) is 0 Å². The van der Waals surface area contributed by atoms with Gasteiger partial charge in [0, 0.05) is 86.0 Å². The van der Waals surface area contributed by atoms with E-state index >= 15 is 0 Å². The number of thiophene rings is 1. The lowest BCUT2D eigenvalue weighted by atomic mass is 10.1. The SMILES string of the molecule is c1ccc(-n2c3ccccc3c3cc4c(cc32)c2cc3c(cc2n4-c2ccccc2)c2ccccc2n3-c2ccc3c(c2)c2ccccc2n3-c2ccc3sc4ccccc4c3c2)cc1. The van der Waals surface area contributed by atoms with Crippen molar-refractivity contribution in [1.82, 2.24) is 18.3 Å². The van der Waals surface area contributed by atoms with E-state index in [-0.39, 0.29) is 0 Å². The Morgan fingerprint density at radius 3 is 1.08 bits per heavy atom. The van der Waals surface area contributed by atoms with Gasteiger partial charge in [-0.3, -0.25) is 0 Å². The lowest BCUT2D eigenvalue weighted by Gasteiger charge is -2.11. The summed E-state index contributed by atoms with van der Waals surface area (Å²) >= 11 is 1.86. The first-order valence-corrected chi connectivity index (χ1v) is 23.1. The van der Waals surface area contributed by atoms with Crippen LogP contribution < -0.4 is 0 Å². The average molecular weight is 845 g/mol. The summed E-state index contributed by atoms with van der Waals surface area (Å²) in [6.07, 6.45) is 0. The zero-order chi connectivity index (χ0) is 42.3. The third-order valence-electron chi connectivity index (χ3n) is 13.9. The van der Waals surface area contributed by atoms with Crippen molar-refractivity contribution in [3.05, 3.63) is 218 Å². The molecule has 10 aromatic carbocycles. The van der Waals surface area contributed by atoms with Crippen LogP contribution in [0.4, 0.5) is 0 Å². The van der Waals surface area contributed by atoms with Crippen LogP contribution in [0.1, 0.15) is 0 Å². The number of rotatable bonds is 4. The molecule has 0 amide bonds. The number of nitrogens with zero attached hydrogens (tertiary/aromatic N) is 4. The Bertz CT molecular complexity index is 4460. The second kappa shape index (κ2) is 13.1. The maximum Gasteiger partial charge on any atom is 0.0548 e. The van der Waals surface area contributed by atoms with E-state index in [0.29, 0.717) is 0 Å². The van der Waals surface area contributed by atoms with Crippen molar-refractivity contribution in [2.75, 3.05) is 0 Å². The van der Waals surface area contributed by atoms with E-state index in [1.807, 2.05) is 11.3 Å². The number of aromatic nitrogens is 4. The van der Waals surface area contributed by atoms with E-state index in [9.17, 15) is 0 Å². The maximum absolute atomic E-state index is 2.49. The number of hydrogen-bond acceptors (Lipinski definition) is 1. The number of para-hydroxylation sites is 5. The van der Waals surface area contributed by atoms with Crippen LogP contribution in [0.25, 0.3) is 130 Å².